The topological polar surface area (TPSA) is 75.6 Å². The van der Waals surface area contributed by atoms with Gasteiger partial charge in [0.1, 0.15) is 10.6 Å². The van der Waals surface area contributed by atoms with Crippen LogP contribution in [0.4, 0.5) is 5.69 Å². The molecule has 2 N–H and O–H groups in total. The zero-order valence-electron chi connectivity index (χ0n) is 19.6. The molecule has 0 saturated carbocycles. The predicted octanol–water partition coefficient (Wildman–Crippen LogP) is 7.39. The Morgan fingerprint density at radius 1 is 0.871 bits per heavy atom. The highest BCUT2D eigenvalue weighted by Gasteiger charge is 2.16. The van der Waals surface area contributed by atoms with E-state index in [0.29, 0.717) is 18.0 Å². The van der Waals surface area contributed by atoms with Gasteiger partial charge in [0.05, 0.1) is 12.8 Å². The Kier molecular flexibility index (Phi) is 15.2. The predicted molar refractivity (Wildman–Crippen MR) is 131 cm³/mol. The van der Waals surface area contributed by atoms with Gasteiger partial charge in [0, 0.05) is 12.6 Å². The van der Waals surface area contributed by atoms with E-state index in [1.54, 1.807) is 12.1 Å². The van der Waals surface area contributed by atoms with Crippen LogP contribution in [0.15, 0.2) is 35.2 Å². The van der Waals surface area contributed by atoms with Crippen molar-refractivity contribution >= 4 is 15.8 Å². The van der Waals surface area contributed by atoms with Crippen molar-refractivity contribution in [2.24, 2.45) is 0 Å². The molecule has 0 heterocycles. The van der Waals surface area contributed by atoms with Crippen LogP contribution in [0.5, 0.6) is 5.75 Å². The van der Waals surface area contributed by atoms with Gasteiger partial charge < -0.3 is 10.1 Å². The highest BCUT2D eigenvalue weighted by atomic mass is 32.2. The van der Waals surface area contributed by atoms with Crippen molar-refractivity contribution in [1.82, 2.24) is 0 Å². The lowest BCUT2D eigenvalue weighted by Gasteiger charge is -2.11. The number of hydrogen-bond donors (Lipinski definition) is 2. The maximum atomic E-state index is 11.6. The molecule has 31 heavy (non-hydrogen) atoms. The number of nitrogens with one attached hydrogen (secondary N) is 1. The molecule has 0 fully saturated rings. The molecule has 5 nitrogen and oxygen atoms in total. The number of allylic oxidation sites excluding steroid dienone is 2. The van der Waals surface area contributed by atoms with Crippen molar-refractivity contribution in [1.29, 1.82) is 0 Å². The molecular weight excluding hydrogens is 410 g/mol. The number of unbranched alkanes of at least 4 members (excludes halogenated alkanes) is 12. The van der Waals surface area contributed by atoms with Gasteiger partial charge in [-0.1, -0.05) is 76.9 Å². The molecule has 0 bridgehead atoms. The van der Waals surface area contributed by atoms with Crippen LogP contribution >= 0.6 is 0 Å². The van der Waals surface area contributed by atoms with Crippen LogP contribution in [0, 0.1) is 0 Å². The van der Waals surface area contributed by atoms with Gasteiger partial charge in [0.2, 0.25) is 0 Å². The van der Waals surface area contributed by atoms with E-state index < -0.39 is 10.1 Å². The Bertz CT molecular complexity index is 716. The largest absolute Gasteiger partial charge is 0.497 e. The van der Waals surface area contributed by atoms with Crippen molar-refractivity contribution in [3.8, 4) is 5.75 Å². The highest BCUT2D eigenvalue weighted by molar-refractivity contribution is 7.86. The smallest absolute Gasteiger partial charge is 0.296 e. The van der Waals surface area contributed by atoms with Gasteiger partial charge in [-0.15, -0.1) is 0 Å². The highest BCUT2D eigenvalue weighted by Crippen LogP contribution is 2.26. The molecule has 0 aromatic heterocycles. The van der Waals surface area contributed by atoms with E-state index in [4.69, 9.17) is 4.74 Å². The van der Waals surface area contributed by atoms with Crippen LogP contribution in [0.2, 0.25) is 0 Å². The molecule has 0 radical (unpaired) electrons. The summed E-state index contributed by atoms with van der Waals surface area (Å²) < 4.78 is 37.6. The molecule has 0 amide bonds. The van der Waals surface area contributed by atoms with Crippen molar-refractivity contribution < 1.29 is 17.7 Å². The quantitative estimate of drug-likeness (QED) is 0.130. The lowest BCUT2D eigenvalue weighted by Crippen LogP contribution is -2.08. The molecular formula is C25H43NO4S. The second kappa shape index (κ2) is 17.1. The first-order valence-corrected chi connectivity index (χ1v) is 13.5. The molecule has 0 unspecified atom stereocenters. The van der Waals surface area contributed by atoms with Gasteiger partial charge in [-0.25, -0.2) is 0 Å². The van der Waals surface area contributed by atoms with Crippen LogP contribution in [0.1, 0.15) is 96.8 Å². The van der Waals surface area contributed by atoms with Crippen molar-refractivity contribution in [2.75, 3.05) is 19.0 Å². The summed E-state index contributed by atoms with van der Waals surface area (Å²) in [6.45, 7) is 2.93. The zero-order valence-corrected chi connectivity index (χ0v) is 20.4. The second-order valence-corrected chi connectivity index (χ2v) is 9.59. The van der Waals surface area contributed by atoms with Gasteiger partial charge >= 0.3 is 0 Å². The molecule has 1 aromatic carbocycles. The first-order chi connectivity index (χ1) is 15.0. The third-order valence-electron chi connectivity index (χ3n) is 5.47. The summed E-state index contributed by atoms with van der Waals surface area (Å²) in [5, 5.41) is 3.12. The Balaban J connectivity index is 2.03. The maximum absolute atomic E-state index is 11.6. The number of methoxy groups -OCH3 is 1. The zero-order chi connectivity index (χ0) is 22.8. The summed E-state index contributed by atoms with van der Waals surface area (Å²) in [6, 6.07) is 4.64. The van der Waals surface area contributed by atoms with E-state index in [9.17, 15) is 13.0 Å². The summed E-state index contributed by atoms with van der Waals surface area (Å²) in [7, 11) is -2.83. The number of rotatable bonds is 19. The number of anilines is 1. The molecule has 178 valence electrons. The Labute approximate surface area is 190 Å². The van der Waals surface area contributed by atoms with Crippen LogP contribution in [-0.2, 0) is 10.1 Å². The van der Waals surface area contributed by atoms with Crippen LogP contribution in [0.3, 0.4) is 0 Å². The summed E-state index contributed by atoms with van der Waals surface area (Å²) in [4.78, 5) is -0.142. The fourth-order valence-corrected chi connectivity index (χ4v) is 4.27. The third-order valence-corrected chi connectivity index (χ3v) is 6.36. The van der Waals surface area contributed by atoms with Gasteiger partial charge in [-0.05, 0) is 44.2 Å². The second-order valence-electron chi connectivity index (χ2n) is 8.20. The van der Waals surface area contributed by atoms with Gasteiger partial charge in [-0.3, -0.25) is 4.55 Å². The van der Waals surface area contributed by atoms with Crippen molar-refractivity contribution in [3.63, 3.8) is 0 Å². The van der Waals surface area contributed by atoms with Gasteiger partial charge in [0.15, 0.2) is 0 Å². The van der Waals surface area contributed by atoms with E-state index in [1.807, 2.05) is 0 Å². The maximum Gasteiger partial charge on any atom is 0.296 e. The monoisotopic (exact) mass is 453 g/mol. The molecule has 0 saturated heterocycles. The fourth-order valence-electron chi connectivity index (χ4n) is 3.58. The lowest BCUT2D eigenvalue weighted by molar-refractivity contribution is 0.412. The molecule has 1 aromatic rings. The summed E-state index contributed by atoms with van der Waals surface area (Å²) >= 11 is 0. The summed E-state index contributed by atoms with van der Waals surface area (Å²) in [6.07, 6.45) is 22.3. The fraction of sp³-hybridized carbons (Fsp3) is 0.680. The lowest BCUT2D eigenvalue weighted by atomic mass is 10.1. The minimum absolute atomic E-state index is 0.142. The Hall–Kier alpha value is -1.53. The Morgan fingerprint density at radius 2 is 1.42 bits per heavy atom. The van der Waals surface area contributed by atoms with E-state index in [-0.39, 0.29) is 4.90 Å². The first-order valence-electron chi connectivity index (χ1n) is 12.0. The normalized spacial score (nSPS) is 11.8. The SMILES string of the molecule is CCCCCCCC/C=C\CCCCCCCCNc1ccc(OC)cc1S(=O)(=O)O. The number of benzene rings is 1. The van der Waals surface area contributed by atoms with Crippen molar-refractivity contribution in [3.05, 3.63) is 30.4 Å². The van der Waals surface area contributed by atoms with E-state index in [2.05, 4.69) is 24.4 Å². The van der Waals surface area contributed by atoms with Gasteiger partial charge in [0.25, 0.3) is 10.1 Å². The van der Waals surface area contributed by atoms with Crippen molar-refractivity contribution in [2.45, 2.75) is 102 Å². The standard InChI is InChI=1S/C25H43NO4S/c1-3-4-5-6-7-8-9-10-11-12-13-14-15-16-17-18-21-26-24-20-19-23(30-2)22-25(24)31(27,28)29/h10-11,19-20,22,26H,3-9,12-18,21H2,1-2H3,(H,27,28,29)/b11-10-. The molecule has 0 atom stereocenters. The summed E-state index contributed by atoms with van der Waals surface area (Å²) in [5.41, 5.74) is 0.413. The molecule has 0 aliphatic heterocycles. The third kappa shape index (κ3) is 13.5. The molecule has 1 rings (SSSR count). The first kappa shape index (κ1) is 27.5. The number of ether oxygens (including phenoxy) is 1. The van der Waals surface area contributed by atoms with E-state index >= 15 is 0 Å². The molecule has 0 spiro atoms. The minimum atomic E-state index is -4.29. The van der Waals surface area contributed by atoms with Crippen LogP contribution in [-0.4, -0.2) is 26.6 Å². The van der Waals surface area contributed by atoms with Gasteiger partial charge in [-0.2, -0.15) is 8.42 Å². The molecule has 0 aliphatic carbocycles. The average molecular weight is 454 g/mol. The molecule has 6 heteroatoms. The Morgan fingerprint density at radius 3 is 1.97 bits per heavy atom. The number of hydrogen-bond acceptors (Lipinski definition) is 4. The van der Waals surface area contributed by atoms with E-state index in [1.165, 1.54) is 90.2 Å². The molecule has 0 aliphatic rings. The van der Waals surface area contributed by atoms with Crippen LogP contribution in [0.25, 0.3) is 0 Å². The minimum Gasteiger partial charge on any atom is -0.497 e. The average Bonchev–Trinajstić information content (AvgIpc) is 2.75. The van der Waals surface area contributed by atoms with E-state index in [0.717, 1.165) is 12.8 Å². The van der Waals surface area contributed by atoms with Crippen LogP contribution < -0.4 is 10.1 Å². The summed E-state index contributed by atoms with van der Waals surface area (Å²) in [5.74, 6) is 0.399.